The van der Waals surface area contributed by atoms with Crippen LogP contribution in [0.1, 0.15) is 119 Å². The summed E-state index contributed by atoms with van der Waals surface area (Å²) >= 11 is 0. The van der Waals surface area contributed by atoms with Crippen molar-refractivity contribution < 1.29 is 19.1 Å². The summed E-state index contributed by atoms with van der Waals surface area (Å²) in [5, 5.41) is 0. The number of ether oxygens (including phenoxy) is 2. The van der Waals surface area contributed by atoms with E-state index < -0.39 is 11.2 Å². The minimum Gasteiger partial charge on any atom is -0.455 e. The van der Waals surface area contributed by atoms with E-state index in [1.807, 2.05) is 69.2 Å². The number of nitrogens with one attached hydrogen (secondary N) is 3. The first-order valence-electron chi connectivity index (χ1n) is 12.9. The Labute approximate surface area is 220 Å². The number of hydrogen-bond donors (Lipinski definition) is 3. The molecule has 0 spiro atoms. The largest absolute Gasteiger partial charge is 0.455 e. The molecular formula is C30H43N3O4. The van der Waals surface area contributed by atoms with Gasteiger partial charge in [-0.2, -0.15) is 0 Å². The number of aromatic nitrogens is 3. The molecule has 3 heterocycles. The van der Waals surface area contributed by atoms with Crippen molar-refractivity contribution >= 4 is 11.9 Å². The zero-order valence-corrected chi connectivity index (χ0v) is 24.5. The predicted octanol–water partition coefficient (Wildman–Crippen LogP) is 6.61. The molecule has 7 heteroatoms. The second-order valence-electron chi connectivity index (χ2n) is 12.1. The Hall–Kier alpha value is -3.22. The van der Waals surface area contributed by atoms with Crippen LogP contribution in [0.4, 0.5) is 0 Å². The molecule has 0 aliphatic carbocycles. The van der Waals surface area contributed by atoms with E-state index in [1.54, 1.807) is 0 Å². The van der Waals surface area contributed by atoms with Gasteiger partial charge < -0.3 is 24.4 Å². The summed E-state index contributed by atoms with van der Waals surface area (Å²) in [6, 6.07) is 0. The van der Waals surface area contributed by atoms with Crippen LogP contribution in [0.5, 0.6) is 0 Å². The molecule has 0 unspecified atom stereocenters. The Bertz CT molecular complexity index is 1240. The van der Waals surface area contributed by atoms with Crippen LogP contribution in [-0.2, 0) is 22.3 Å². The summed E-state index contributed by atoms with van der Waals surface area (Å²) < 4.78 is 11.2. The highest BCUT2D eigenvalue weighted by Gasteiger charge is 2.25. The third kappa shape index (κ3) is 6.20. The van der Waals surface area contributed by atoms with Crippen molar-refractivity contribution in [2.24, 2.45) is 0 Å². The van der Waals surface area contributed by atoms with Crippen molar-refractivity contribution in [3.63, 3.8) is 0 Å². The SMILES string of the molecule is Cc1c(Cc2[nH]c(C(=O)OC(C)(C)C)c(C)c2C)[nH]c(Cc2[nH]c(C(=O)OC(C)(C)C)c(C)c2C)c1C. The first-order chi connectivity index (χ1) is 16.9. The van der Waals surface area contributed by atoms with Gasteiger partial charge in [0, 0.05) is 35.6 Å². The van der Waals surface area contributed by atoms with E-state index in [0.717, 1.165) is 45.0 Å². The van der Waals surface area contributed by atoms with E-state index in [9.17, 15) is 9.59 Å². The minimum atomic E-state index is -0.553. The van der Waals surface area contributed by atoms with Crippen molar-refractivity contribution in [3.8, 4) is 0 Å². The molecule has 0 aliphatic rings. The second-order valence-corrected chi connectivity index (χ2v) is 12.1. The maximum absolute atomic E-state index is 12.7. The Kier molecular flexibility index (Phi) is 7.60. The number of carbonyl (C=O) groups excluding carboxylic acids is 2. The first kappa shape index (κ1) is 28.4. The maximum atomic E-state index is 12.7. The molecule has 0 saturated carbocycles. The molecule has 0 bridgehead atoms. The van der Waals surface area contributed by atoms with Crippen molar-refractivity contribution in [1.82, 2.24) is 15.0 Å². The molecule has 0 amide bonds. The van der Waals surface area contributed by atoms with Gasteiger partial charge in [-0.05, 0) is 116 Å². The zero-order chi connectivity index (χ0) is 28.0. The smallest absolute Gasteiger partial charge is 0.355 e. The molecule has 0 atom stereocenters. The third-order valence-electron chi connectivity index (χ3n) is 7.01. The van der Waals surface area contributed by atoms with E-state index in [0.29, 0.717) is 24.2 Å². The average molecular weight is 510 g/mol. The molecule has 37 heavy (non-hydrogen) atoms. The lowest BCUT2D eigenvalue weighted by Crippen LogP contribution is -2.24. The van der Waals surface area contributed by atoms with E-state index in [4.69, 9.17) is 9.47 Å². The number of aromatic amines is 3. The van der Waals surface area contributed by atoms with Crippen LogP contribution < -0.4 is 0 Å². The summed E-state index contributed by atoms with van der Waals surface area (Å²) in [5.41, 5.74) is 10.4. The van der Waals surface area contributed by atoms with E-state index in [2.05, 4.69) is 28.8 Å². The highest BCUT2D eigenvalue weighted by molar-refractivity contribution is 5.90. The standard InChI is InChI=1S/C30H43N3O4/c1-15-16(2)22(14-24-18(4)20(6)26(33-24)28(35)37-30(10,11)12)31-21(15)13-23-17(3)19(5)25(32-23)27(34)36-29(7,8)9/h31-33H,13-14H2,1-12H3. The number of esters is 2. The van der Waals surface area contributed by atoms with Crippen molar-refractivity contribution in [3.05, 3.63) is 67.5 Å². The summed E-state index contributed by atoms with van der Waals surface area (Å²) in [5.74, 6) is -0.671. The van der Waals surface area contributed by atoms with Crippen LogP contribution in [0.3, 0.4) is 0 Å². The van der Waals surface area contributed by atoms with Crippen LogP contribution in [0.25, 0.3) is 0 Å². The van der Waals surface area contributed by atoms with E-state index >= 15 is 0 Å². The number of H-pyrrole nitrogens is 3. The fourth-order valence-electron chi connectivity index (χ4n) is 4.45. The van der Waals surface area contributed by atoms with Gasteiger partial charge in [-0.25, -0.2) is 9.59 Å². The van der Waals surface area contributed by atoms with Crippen LogP contribution in [-0.4, -0.2) is 38.1 Å². The van der Waals surface area contributed by atoms with Crippen molar-refractivity contribution in [2.45, 2.75) is 107 Å². The van der Waals surface area contributed by atoms with E-state index in [-0.39, 0.29) is 11.9 Å². The van der Waals surface area contributed by atoms with Gasteiger partial charge in [0.25, 0.3) is 0 Å². The summed E-state index contributed by atoms with van der Waals surface area (Å²) in [6.45, 7) is 23.4. The molecule has 3 aromatic rings. The van der Waals surface area contributed by atoms with Crippen LogP contribution >= 0.6 is 0 Å². The van der Waals surface area contributed by atoms with Gasteiger partial charge in [0.1, 0.15) is 22.6 Å². The lowest BCUT2D eigenvalue weighted by molar-refractivity contribution is 0.00501. The molecule has 3 N–H and O–H groups in total. The number of rotatable bonds is 6. The van der Waals surface area contributed by atoms with Gasteiger partial charge >= 0.3 is 11.9 Å². The highest BCUT2D eigenvalue weighted by atomic mass is 16.6. The van der Waals surface area contributed by atoms with Crippen molar-refractivity contribution in [2.75, 3.05) is 0 Å². The third-order valence-corrected chi connectivity index (χ3v) is 7.01. The van der Waals surface area contributed by atoms with Gasteiger partial charge in [0.15, 0.2) is 0 Å². The number of carbonyl (C=O) groups is 2. The number of hydrogen-bond acceptors (Lipinski definition) is 4. The molecule has 202 valence electrons. The highest BCUT2D eigenvalue weighted by Crippen LogP contribution is 2.28. The molecule has 3 aromatic heterocycles. The predicted molar refractivity (Wildman–Crippen MR) is 147 cm³/mol. The second kappa shape index (κ2) is 9.92. The Morgan fingerprint density at radius 1 is 0.514 bits per heavy atom. The molecule has 0 aliphatic heterocycles. The molecule has 0 fully saturated rings. The van der Waals surface area contributed by atoms with Gasteiger partial charge in [0.05, 0.1) is 0 Å². The van der Waals surface area contributed by atoms with Crippen LogP contribution in [0.2, 0.25) is 0 Å². The van der Waals surface area contributed by atoms with E-state index in [1.165, 1.54) is 11.1 Å². The van der Waals surface area contributed by atoms with Gasteiger partial charge in [0.2, 0.25) is 0 Å². The lowest BCUT2D eigenvalue weighted by atomic mass is 10.0. The molecule has 0 saturated heterocycles. The average Bonchev–Trinajstić information content (AvgIpc) is 3.30. The Morgan fingerprint density at radius 3 is 1.08 bits per heavy atom. The van der Waals surface area contributed by atoms with Gasteiger partial charge in [-0.1, -0.05) is 0 Å². The molecule has 0 radical (unpaired) electrons. The topological polar surface area (TPSA) is 100.0 Å². The summed E-state index contributed by atoms with van der Waals surface area (Å²) in [7, 11) is 0. The normalized spacial score (nSPS) is 12.2. The maximum Gasteiger partial charge on any atom is 0.355 e. The van der Waals surface area contributed by atoms with Gasteiger partial charge in [-0.3, -0.25) is 0 Å². The van der Waals surface area contributed by atoms with Crippen LogP contribution in [0, 0.1) is 41.5 Å². The summed E-state index contributed by atoms with van der Waals surface area (Å²) in [4.78, 5) is 35.7. The molecule has 7 nitrogen and oxygen atoms in total. The molecular weight excluding hydrogens is 466 g/mol. The fourth-order valence-corrected chi connectivity index (χ4v) is 4.45. The monoisotopic (exact) mass is 509 g/mol. The molecule has 0 aromatic carbocycles. The Morgan fingerprint density at radius 2 is 0.784 bits per heavy atom. The summed E-state index contributed by atoms with van der Waals surface area (Å²) in [6.07, 6.45) is 1.29. The Balaban J connectivity index is 1.87. The quantitative estimate of drug-likeness (QED) is 0.325. The molecule has 3 rings (SSSR count). The zero-order valence-electron chi connectivity index (χ0n) is 24.5. The van der Waals surface area contributed by atoms with Gasteiger partial charge in [-0.15, -0.1) is 0 Å². The van der Waals surface area contributed by atoms with Crippen molar-refractivity contribution in [1.29, 1.82) is 0 Å². The lowest BCUT2D eigenvalue weighted by Gasteiger charge is -2.19. The minimum absolute atomic E-state index is 0.335. The first-order valence-corrected chi connectivity index (χ1v) is 12.9. The van der Waals surface area contributed by atoms with Crippen LogP contribution in [0.15, 0.2) is 0 Å². The fraction of sp³-hybridized carbons (Fsp3) is 0.533.